The maximum absolute atomic E-state index is 13.6. The van der Waals surface area contributed by atoms with Gasteiger partial charge in [0.1, 0.15) is 10.8 Å². The van der Waals surface area contributed by atoms with Crippen LogP contribution in [-0.2, 0) is 0 Å². The fraction of sp³-hybridized carbons (Fsp3) is 0.200. The summed E-state index contributed by atoms with van der Waals surface area (Å²) in [4.78, 5) is 0. The lowest BCUT2D eigenvalue weighted by atomic mass is 10.2. The van der Waals surface area contributed by atoms with E-state index in [1.165, 1.54) is 17.4 Å². The van der Waals surface area contributed by atoms with Crippen LogP contribution in [0.2, 0.25) is 0 Å². The van der Waals surface area contributed by atoms with Gasteiger partial charge in [-0.3, -0.25) is 0 Å². The quantitative estimate of drug-likeness (QED) is 0.927. The molecule has 84 valence electrons. The summed E-state index contributed by atoms with van der Waals surface area (Å²) >= 11 is 4.60. The number of nitrogens with zero attached hydrogens (tertiary/aromatic N) is 2. The number of benzene rings is 1. The van der Waals surface area contributed by atoms with E-state index in [1.807, 2.05) is 6.92 Å². The van der Waals surface area contributed by atoms with E-state index in [0.717, 1.165) is 0 Å². The lowest BCUT2D eigenvalue weighted by Gasteiger charge is -2.00. The maximum Gasteiger partial charge on any atom is 0.151 e. The highest BCUT2D eigenvalue weighted by atomic mass is 79.9. The molecule has 0 amide bonds. The van der Waals surface area contributed by atoms with Crippen LogP contribution in [0.25, 0.3) is 10.6 Å². The Labute approximate surface area is 105 Å². The highest BCUT2D eigenvalue weighted by molar-refractivity contribution is 9.10. The van der Waals surface area contributed by atoms with Crippen LogP contribution in [0.1, 0.15) is 18.0 Å². The topological polar surface area (TPSA) is 51.8 Å². The van der Waals surface area contributed by atoms with Gasteiger partial charge >= 0.3 is 0 Å². The van der Waals surface area contributed by atoms with Crippen LogP contribution in [0.4, 0.5) is 4.39 Å². The first-order valence-corrected chi connectivity index (χ1v) is 6.24. The minimum Gasteiger partial charge on any atom is -0.322 e. The third kappa shape index (κ3) is 2.14. The fourth-order valence-corrected chi connectivity index (χ4v) is 2.74. The molecule has 0 saturated carbocycles. The van der Waals surface area contributed by atoms with E-state index in [2.05, 4.69) is 26.1 Å². The van der Waals surface area contributed by atoms with Crippen molar-refractivity contribution in [2.24, 2.45) is 5.73 Å². The molecule has 0 spiro atoms. The molecule has 0 bridgehead atoms. The van der Waals surface area contributed by atoms with E-state index in [-0.39, 0.29) is 11.9 Å². The van der Waals surface area contributed by atoms with Crippen LogP contribution >= 0.6 is 27.3 Å². The lowest BCUT2D eigenvalue weighted by Crippen LogP contribution is -2.03. The standard InChI is InChI=1S/C10H9BrFN3S/c1-5(13)9-14-15-10(16-9)8-6(11)3-2-4-7(8)12/h2-5H,13H2,1H3. The Hall–Kier alpha value is -0.850. The van der Waals surface area contributed by atoms with E-state index in [9.17, 15) is 4.39 Å². The number of hydrogen-bond donors (Lipinski definition) is 1. The summed E-state index contributed by atoms with van der Waals surface area (Å²) in [5.74, 6) is -0.318. The fourth-order valence-electron chi connectivity index (χ4n) is 1.22. The van der Waals surface area contributed by atoms with Crippen molar-refractivity contribution in [3.8, 4) is 10.6 Å². The zero-order chi connectivity index (χ0) is 11.7. The number of nitrogens with two attached hydrogens (primary N) is 1. The average Bonchev–Trinajstić information content (AvgIpc) is 2.66. The van der Waals surface area contributed by atoms with Gasteiger partial charge in [-0.1, -0.05) is 17.4 Å². The predicted molar refractivity (Wildman–Crippen MR) is 65.6 cm³/mol. The lowest BCUT2D eigenvalue weighted by molar-refractivity contribution is 0.630. The number of aromatic nitrogens is 2. The first-order chi connectivity index (χ1) is 7.59. The molecule has 1 aromatic heterocycles. The van der Waals surface area contributed by atoms with Crippen molar-refractivity contribution in [3.63, 3.8) is 0 Å². The number of rotatable bonds is 2. The van der Waals surface area contributed by atoms with Crippen molar-refractivity contribution in [1.82, 2.24) is 10.2 Å². The zero-order valence-electron chi connectivity index (χ0n) is 8.45. The van der Waals surface area contributed by atoms with Gasteiger partial charge in [-0.05, 0) is 35.0 Å². The summed E-state index contributed by atoms with van der Waals surface area (Å²) in [6.45, 7) is 1.82. The molecule has 2 N–H and O–H groups in total. The van der Waals surface area contributed by atoms with E-state index < -0.39 is 0 Å². The molecule has 0 saturated heterocycles. The van der Waals surface area contributed by atoms with Crippen LogP contribution in [0.5, 0.6) is 0 Å². The summed E-state index contributed by atoms with van der Waals surface area (Å²) in [7, 11) is 0. The van der Waals surface area contributed by atoms with Gasteiger partial charge in [-0.15, -0.1) is 10.2 Å². The van der Waals surface area contributed by atoms with Gasteiger partial charge in [-0.2, -0.15) is 0 Å². The third-order valence-electron chi connectivity index (χ3n) is 2.01. The third-order valence-corrected chi connectivity index (χ3v) is 3.81. The smallest absolute Gasteiger partial charge is 0.151 e. The monoisotopic (exact) mass is 301 g/mol. The summed E-state index contributed by atoms with van der Waals surface area (Å²) in [5, 5.41) is 9.12. The Morgan fingerprint density at radius 2 is 2.19 bits per heavy atom. The maximum atomic E-state index is 13.6. The van der Waals surface area contributed by atoms with Crippen molar-refractivity contribution >= 4 is 27.3 Å². The highest BCUT2D eigenvalue weighted by Gasteiger charge is 2.15. The molecule has 0 aliphatic carbocycles. The minimum absolute atomic E-state index is 0.184. The van der Waals surface area contributed by atoms with Crippen LogP contribution in [0.3, 0.4) is 0 Å². The van der Waals surface area contributed by atoms with Crippen molar-refractivity contribution in [2.45, 2.75) is 13.0 Å². The van der Waals surface area contributed by atoms with Crippen LogP contribution < -0.4 is 5.73 Å². The molecule has 1 heterocycles. The number of halogens is 2. The number of hydrogen-bond acceptors (Lipinski definition) is 4. The molecule has 0 aliphatic rings. The summed E-state index contributed by atoms with van der Waals surface area (Å²) < 4.78 is 14.3. The van der Waals surface area contributed by atoms with Crippen molar-refractivity contribution in [3.05, 3.63) is 33.5 Å². The molecule has 0 aliphatic heterocycles. The molecule has 2 rings (SSSR count). The molecule has 1 unspecified atom stereocenters. The van der Waals surface area contributed by atoms with Crippen molar-refractivity contribution in [1.29, 1.82) is 0 Å². The highest BCUT2D eigenvalue weighted by Crippen LogP contribution is 2.33. The zero-order valence-corrected chi connectivity index (χ0v) is 10.8. The van der Waals surface area contributed by atoms with Crippen molar-refractivity contribution < 1.29 is 4.39 Å². The first kappa shape index (κ1) is 11.6. The first-order valence-electron chi connectivity index (χ1n) is 4.63. The second kappa shape index (κ2) is 4.57. The SMILES string of the molecule is CC(N)c1nnc(-c2c(F)cccc2Br)s1. The molecular weight excluding hydrogens is 293 g/mol. The van der Waals surface area contributed by atoms with Crippen molar-refractivity contribution in [2.75, 3.05) is 0 Å². The van der Waals surface area contributed by atoms with E-state index >= 15 is 0 Å². The van der Waals surface area contributed by atoms with Crippen LogP contribution in [0.15, 0.2) is 22.7 Å². The molecule has 1 atom stereocenters. The summed E-state index contributed by atoms with van der Waals surface area (Å²) in [5.41, 5.74) is 6.12. The van der Waals surface area contributed by atoms with Crippen LogP contribution in [0, 0.1) is 5.82 Å². The van der Waals surface area contributed by atoms with Gasteiger partial charge in [0.15, 0.2) is 5.01 Å². The van der Waals surface area contributed by atoms with Crippen LogP contribution in [-0.4, -0.2) is 10.2 Å². The van der Waals surface area contributed by atoms with E-state index in [0.29, 0.717) is 20.1 Å². The molecule has 2 aromatic rings. The van der Waals surface area contributed by atoms with Gasteiger partial charge in [0.05, 0.1) is 11.6 Å². The molecule has 6 heteroatoms. The summed E-state index contributed by atoms with van der Waals surface area (Å²) in [6.07, 6.45) is 0. The Bertz CT molecular complexity index is 492. The molecule has 0 radical (unpaired) electrons. The Kier molecular flexibility index (Phi) is 3.32. The van der Waals surface area contributed by atoms with Gasteiger partial charge in [-0.25, -0.2) is 4.39 Å². The molecule has 0 fully saturated rings. The molecule has 3 nitrogen and oxygen atoms in total. The minimum atomic E-state index is -0.318. The molecular formula is C10H9BrFN3S. The Morgan fingerprint density at radius 1 is 1.44 bits per heavy atom. The normalized spacial score (nSPS) is 12.8. The largest absolute Gasteiger partial charge is 0.322 e. The Balaban J connectivity index is 2.50. The van der Waals surface area contributed by atoms with Gasteiger partial charge in [0, 0.05) is 4.47 Å². The van der Waals surface area contributed by atoms with Gasteiger partial charge in [0.2, 0.25) is 0 Å². The van der Waals surface area contributed by atoms with E-state index in [4.69, 9.17) is 5.73 Å². The Morgan fingerprint density at radius 3 is 2.75 bits per heavy atom. The molecule has 1 aromatic carbocycles. The predicted octanol–water partition coefficient (Wildman–Crippen LogP) is 3.13. The van der Waals surface area contributed by atoms with E-state index in [1.54, 1.807) is 12.1 Å². The second-order valence-corrected chi connectivity index (χ2v) is 5.19. The summed E-state index contributed by atoms with van der Waals surface area (Å²) in [6, 6.07) is 4.62. The second-order valence-electron chi connectivity index (χ2n) is 3.33. The molecule has 16 heavy (non-hydrogen) atoms. The van der Waals surface area contributed by atoms with Gasteiger partial charge < -0.3 is 5.73 Å². The average molecular weight is 302 g/mol. The van der Waals surface area contributed by atoms with Gasteiger partial charge in [0.25, 0.3) is 0 Å².